The number of nitrogens with two attached hydrogens (primary N) is 1. The molecule has 0 amide bonds. The fourth-order valence-corrected chi connectivity index (χ4v) is 2.00. The van der Waals surface area contributed by atoms with E-state index in [2.05, 4.69) is 15.0 Å². The maximum Gasteiger partial charge on any atom is 0.303 e. The lowest BCUT2D eigenvalue weighted by atomic mass is 9.96. The number of aromatic nitrogens is 3. The van der Waals surface area contributed by atoms with Crippen molar-refractivity contribution in [2.75, 3.05) is 13.7 Å². The van der Waals surface area contributed by atoms with E-state index in [0.29, 0.717) is 30.0 Å². The van der Waals surface area contributed by atoms with Gasteiger partial charge in [0.05, 0.1) is 13.3 Å². The average Bonchev–Trinajstić information content (AvgIpc) is 2.82. The first-order valence-electron chi connectivity index (χ1n) is 5.95. The summed E-state index contributed by atoms with van der Waals surface area (Å²) in [5.74, 6) is -0.476. The molecule has 19 heavy (non-hydrogen) atoms. The Bertz CT molecular complexity index is 581. The van der Waals surface area contributed by atoms with Crippen molar-refractivity contribution in [2.45, 2.75) is 18.8 Å². The predicted octanol–water partition coefficient (Wildman–Crippen LogP) is 0.874. The van der Waals surface area contributed by atoms with Crippen LogP contribution in [0.25, 0.3) is 11.2 Å². The zero-order chi connectivity index (χ0) is 13.8. The minimum atomic E-state index is -0.832. The molecule has 0 fully saturated rings. The van der Waals surface area contributed by atoms with E-state index in [-0.39, 0.29) is 12.3 Å². The highest BCUT2D eigenvalue weighted by molar-refractivity contribution is 5.76. The summed E-state index contributed by atoms with van der Waals surface area (Å²) in [6, 6.07) is 0. The van der Waals surface area contributed by atoms with E-state index in [9.17, 15) is 4.79 Å². The van der Waals surface area contributed by atoms with Crippen LogP contribution in [0.1, 0.15) is 24.3 Å². The van der Waals surface area contributed by atoms with Gasteiger partial charge in [0.15, 0.2) is 5.65 Å². The van der Waals surface area contributed by atoms with Crippen molar-refractivity contribution in [3.8, 4) is 5.88 Å². The van der Waals surface area contributed by atoms with Crippen molar-refractivity contribution < 1.29 is 14.6 Å². The molecule has 0 aliphatic heterocycles. The van der Waals surface area contributed by atoms with Crippen molar-refractivity contribution in [1.82, 2.24) is 15.0 Å². The van der Waals surface area contributed by atoms with E-state index < -0.39 is 5.97 Å². The van der Waals surface area contributed by atoms with Gasteiger partial charge in [-0.1, -0.05) is 0 Å². The molecule has 0 saturated carbocycles. The third-order valence-corrected chi connectivity index (χ3v) is 3.03. The summed E-state index contributed by atoms with van der Waals surface area (Å²) in [7, 11) is 1.52. The van der Waals surface area contributed by atoms with Crippen LogP contribution in [-0.2, 0) is 4.79 Å². The molecule has 0 aromatic carbocycles. The molecule has 2 aromatic heterocycles. The van der Waals surface area contributed by atoms with Gasteiger partial charge in [0, 0.05) is 24.1 Å². The number of H-pyrrole nitrogens is 1. The molecular formula is C12H16N4O3. The van der Waals surface area contributed by atoms with Crippen LogP contribution in [0.2, 0.25) is 0 Å². The fraction of sp³-hybridized carbons (Fsp3) is 0.417. The minimum Gasteiger partial charge on any atom is -0.481 e. The average molecular weight is 264 g/mol. The van der Waals surface area contributed by atoms with E-state index in [1.165, 1.54) is 13.3 Å². The molecule has 0 bridgehead atoms. The van der Waals surface area contributed by atoms with Crippen LogP contribution < -0.4 is 10.5 Å². The van der Waals surface area contributed by atoms with Gasteiger partial charge in [-0.05, 0) is 13.0 Å². The van der Waals surface area contributed by atoms with Crippen molar-refractivity contribution in [2.24, 2.45) is 5.73 Å². The van der Waals surface area contributed by atoms with Crippen molar-refractivity contribution in [3.05, 3.63) is 18.0 Å². The fourth-order valence-electron chi connectivity index (χ4n) is 2.00. The lowest BCUT2D eigenvalue weighted by molar-refractivity contribution is -0.137. The summed E-state index contributed by atoms with van der Waals surface area (Å²) >= 11 is 0. The van der Waals surface area contributed by atoms with E-state index >= 15 is 0 Å². The standard InChI is InChI=1S/C12H16N4O3/c1-19-9-6-15-12-11(16-9)8(5-14-12)7(4-13)2-3-10(17)18/h5-7H,2-4,13H2,1H3,(H,14,15)(H,17,18). The Morgan fingerprint density at radius 1 is 1.63 bits per heavy atom. The molecule has 7 heteroatoms. The molecule has 1 atom stereocenters. The smallest absolute Gasteiger partial charge is 0.303 e. The Morgan fingerprint density at radius 3 is 3.05 bits per heavy atom. The third kappa shape index (κ3) is 2.82. The Balaban J connectivity index is 2.33. The van der Waals surface area contributed by atoms with Crippen LogP contribution in [0.4, 0.5) is 0 Å². The molecule has 0 aliphatic rings. The van der Waals surface area contributed by atoms with Crippen LogP contribution in [0.15, 0.2) is 12.4 Å². The van der Waals surface area contributed by atoms with Gasteiger partial charge < -0.3 is 20.6 Å². The van der Waals surface area contributed by atoms with Gasteiger partial charge in [-0.3, -0.25) is 4.79 Å². The van der Waals surface area contributed by atoms with E-state index in [4.69, 9.17) is 15.6 Å². The number of ether oxygens (including phenoxy) is 1. The topological polar surface area (TPSA) is 114 Å². The number of aromatic amines is 1. The third-order valence-electron chi connectivity index (χ3n) is 3.03. The quantitative estimate of drug-likeness (QED) is 0.713. The highest BCUT2D eigenvalue weighted by Crippen LogP contribution is 2.27. The molecule has 102 valence electrons. The molecule has 2 rings (SSSR count). The summed E-state index contributed by atoms with van der Waals surface area (Å²) in [6.07, 6.45) is 3.85. The first kappa shape index (κ1) is 13.3. The van der Waals surface area contributed by atoms with Crippen LogP contribution in [0.3, 0.4) is 0 Å². The summed E-state index contributed by atoms with van der Waals surface area (Å²) in [5.41, 5.74) is 7.93. The van der Waals surface area contributed by atoms with Gasteiger partial charge in [0.1, 0.15) is 5.52 Å². The Kier molecular flexibility index (Phi) is 3.96. The zero-order valence-electron chi connectivity index (χ0n) is 10.6. The second-order valence-corrected chi connectivity index (χ2v) is 4.22. The molecule has 2 heterocycles. The molecule has 0 spiro atoms. The van der Waals surface area contributed by atoms with Gasteiger partial charge >= 0.3 is 5.97 Å². The monoisotopic (exact) mass is 264 g/mol. The van der Waals surface area contributed by atoms with E-state index in [1.54, 1.807) is 6.20 Å². The Hall–Kier alpha value is -2.15. The number of hydrogen-bond acceptors (Lipinski definition) is 5. The number of carboxylic acids is 1. The molecule has 1 unspecified atom stereocenters. The predicted molar refractivity (Wildman–Crippen MR) is 69.1 cm³/mol. The van der Waals surface area contributed by atoms with Gasteiger partial charge in [0.25, 0.3) is 0 Å². The number of nitrogens with zero attached hydrogens (tertiary/aromatic N) is 2. The van der Waals surface area contributed by atoms with Gasteiger partial charge in [-0.15, -0.1) is 0 Å². The number of rotatable bonds is 6. The molecule has 0 saturated heterocycles. The number of carbonyl (C=O) groups is 1. The van der Waals surface area contributed by atoms with E-state index in [0.717, 1.165) is 5.56 Å². The second kappa shape index (κ2) is 5.66. The highest BCUT2D eigenvalue weighted by atomic mass is 16.5. The number of hydrogen-bond donors (Lipinski definition) is 3. The summed E-state index contributed by atoms with van der Waals surface area (Å²) in [4.78, 5) is 22.2. The van der Waals surface area contributed by atoms with Crippen molar-refractivity contribution >= 4 is 17.1 Å². The van der Waals surface area contributed by atoms with Gasteiger partial charge in [0.2, 0.25) is 5.88 Å². The lowest BCUT2D eigenvalue weighted by Gasteiger charge is -2.12. The van der Waals surface area contributed by atoms with Gasteiger partial charge in [-0.2, -0.15) is 0 Å². The molecular weight excluding hydrogens is 248 g/mol. The number of fused-ring (bicyclic) bond motifs is 1. The number of aliphatic carboxylic acids is 1. The van der Waals surface area contributed by atoms with Gasteiger partial charge in [-0.25, -0.2) is 9.97 Å². The Morgan fingerprint density at radius 2 is 2.42 bits per heavy atom. The maximum absolute atomic E-state index is 10.7. The normalized spacial score (nSPS) is 12.5. The van der Waals surface area contributed by atoms with Crippen molar-refractivity contribution in [3.63, 3.8) is 0 Å². The molecule has 0 aliphatic carbocycles. The molecule has 4 N–H and O–H groups in total. The maximum atomic E-state index is 10.7. The Labute approximate surface area is 109 Å². The number of methoxy groups -OCH3 is 1. The largest absolute Gasteiger partial charge is 0.481 e. The minimum absolute atomic E-state index is 0.0637. The molecule has 2 aromatic rings. The summed E-state index contributed by atoms with van der Waals surface area (Å²) < 4.78 is 5.05. The van der Waals surface area contributed by atoms with Crippen LogP contribution in [0, 0.1) is 0 Å². The molecule has 0 radical (unpaired) electrons. The second-order valence-electron chi connectivity index (χ2n) is 4.22. The number of nitrogens with one attached hydrogen (secondary N) is 1. The van der Waals surface area contributed by atoms with E-state index in [1.807, 2.05) is 0 Å². The first-order chi connectivity index (χ1) is 9.15. The van der Waals surface area contributed by atoms with Crippen LogP contribution in [-0.4, -0.2) is 39.7 Å². The summed E-state index contributed by atoms with van der Waals surface area (Å²) in [6.45, 7) is 0.360. The van der Waals surface area contributed by atoms with Crippen molar-refractivity contribution in [1.29, 1.82) is 0 Å². The summed E-state index contributed by atoms with van der Waals surface area (Å²) in [5, 5.41) is 8.75. The van der Waals surface area contributed by atoms with Crippen LogP contribution in [0.5, 0.6) is 5.88 Å². The number of carboxylic acid groups (broad SMARTS) is 1. The zero-order valence-corrected chi connectivity index (χ0v) is 10.6. The first-order valence-corrected chi connectivity index (χ1v) is 5.95. The SMILES string of the molecule is COc1cnc2[nH]cc(C(CN)CCC(=O)O)c2n1. The lowest BCUT2D eigenvalue weighted by Crippen LogP contribution is -2.14. The molecule has 7 nitrogen and oxygen atoms in total. The van der Waals surface area contributed by atoms with Crippen LogP contribution >= 0.6 is 0 Å². The highest BCUT2D eigenvalue weighted by Gasteiger charge is 2.18.